The van der Waals surface area contributed by atoms with Crippen molar-refractivity contribution in [3.63, 3.8) is 0 Å². The standard InChI is InChI=1S/C16H28N2O/c1-6-16(13(2)3)17-14-8-7-9-15(12-14)19-11-10-18(4)5/h7-9,12-13,16-17H,6,10-11H2,1-5H3. The van der Waals surface area contributed by atoms with Crippen molar-refractivity contribution < 1.29 is 4.74 Å². The highest BCUT2D eigenvalue weighted by molar-refractivity contribution is 5.48. The molecule has 0 saturated carbocycles. The summed E-state index contributed by atoms with van der Waals surface area (Å²) in [5.74, 6) is 1.56. The third-order valence-corrected chi connectivity index (χ3v) is 3.24. The Labute approximate surface area is 118 Å². The van der Waals surface area contributed by atoms with Crippen molar-refractivity contribution in [3.05, 3.63) is 24.3 Å². The van der Waals surface area contributed by atoms with Gasteiger partial charge in [0.1, 0.15) is 12.4 Å². The van der Waals surface area contributed by atoms with Gasteiger partial charge in [-0.25, -0.2) is 0 Å². The minimum absolute atomic E-state index is 0.511. The lowest BCUT2D eigenvalue weighted by Crippen LogP contribution is -2.24. The molecule has 0 amide bonds. The van der Waals surface area contributed by atoms with Crippen molar-refractivity contribution in [1.82, 2.24) is 4.90 Å². The largest absolute Gasteiger partial charge is 0.492 e. The third kappa shape index (κ3) is 5.97. The molecule has 0 bridgehead atoms. The molecule has 1 N–H and O–H groups in total. The van der Waals surface area contributed by atoms with Gasteiger partial charge in [-0.1, -0.05) is 26.8 Å². The fraction of sp³-hybridized carbons (Fsp3) is 0.625. The number of ether oxygens (including phenoxy) is 1. The van der Waals surface area contributed by atoms with Gasteiger partial charge < -0.3 is 15.0 Å². The number of benzene rings is 1. The molecule has 0 spiro atoms. The Morgan fingerprint density at radius 3 is 2.58 bits per heavy atom. The van der Waals surface area contributed by atoms with Gasteiger partial charge in [0.05, 0.1) is 0 Å². The molecule has 0 radical (unpaired) electrons. The molecule has 1 aromatic carbocycles. The lowest BCUT2D eigenvalue weighted by Gasteiger charge is -2.22. The summed E-state index contributed by atoms with van der Waals surface area (Å²) in [6.45, 7) is 8.37. The molecule has 0 heterocycles. The average molecular weight is 264 g/mol. The maximum absolute atomic E-state index is 5.75. The van der Waals surface area contributed by atoms with Gasteiger partial charge >= 0.3 is 0 Å². The first-order chi connectivity index (χ1) is 9.02. The van der Waals surface area contributed by atoms with E-state index in [9.17, 15) is 0 Å². The SMILES string of the molecule is CCC(Nc1cccc(OCCN(C)C)c1)C(C)C. The topological polar surface area (TPSA) is 24.5 Å². The highest BCUT2D eigenvalue weighted by Crippen LogP contribution is 2.20. The number of hydrogen-bond acceptors (Lipinski definition) is 3. The first kappa shape index (κ1) is 15.8. The molecule has 0 aliphatic heterocycles. The molecule has 1 atom stereocenters. The van der Waals surface area contributed by atoms with Crippen LogP contribution in [-0.4, -0.2) is 38.2 Å². The third-order valence-electron chi connectivity index (χ3n) is 3.24. The highest BCUT2D eigenvalue weighted by Gasteiger charge is 2.10. The molecule has 1 unspecified atom stereocenters. The Kier molecular flexibility index (Phi) is 6.71. The molecule has 1 rings (SSSR count). The minimum atomic E-state index is 0.511. The predicted molar refractivity (Wildman–Crippen MR) is 83.0 cm³/mol. The summed E-state index contributed by atoms with van der Waals surface area (Å²) in [4.78, 5) is 2.12. The van der Waals surface area contributed by atoms with Gasteiger partial charge in [0.2, 0.25) is 0 Å². The Morgan fingerprint density at radius 1 is 1.26 bits per heavy atom. The van der Waals surface area contributed by atoms with Crippen LogP contribution < -0.4 is 10.1 Å². The Bertz CT molecular complexity index is 364. The zero-order valence-corrected chi connectivity index (χ0v) is 12.9. The van der Waals surface area contributed by atoms with E-state index in [2.05, 4.69) is 57.2 Å². The molecule has 108 valence electrons. The number of likely N-dealkylation sites (N-methyl/N-ethyl adjacent to an activating group) is 1. The lowest BCUT2D eigenvalue weighted by molar-refractivity contribution is 0.261. The minimum Gasteiger partial charge on any atom is -0.492 e. The van der Waals surface area contributed by atoms with Gasteiger partial charge in [0, 0.05) is 24.3 Å². The van der Waals surface area contributed by atoms with Crippen molar-refractivity contribution >= 4 is 5.69 Å². The average Bonchev–Trinajstić information content (AvgIpc) is 2.35. The van der Waals surface area contributed by atoms with Crippen LogP contribution in [0.5, 0.6) is 5.75 Å². The monoisotopic (exact) mass is 264 g/mol. The Balaban J connectivity index is 2.56. The summed E-state index contributed by atoms with van der Waals surface area (Å²) in [6, 6.07) is 8.75. The zero-order chi connectivity index (χ0) is 14.3. The first-order valence-corrected chi connectivity index (χ1v) is 7.17. The summed E-state index contributed by atoms with van der Waals surface area (Å²) in [5.41, 5.74) is 1.14. The number of hydrogen-bond donors (Lipinski definition) is 1. The second-order valence-electron chi connectivity index (χ2n) is 5.58. The predicted octanol–water partition coefficient (Wildman–Crippen LogP) is 3.47. The normalized spacial score (nSPS) is 12.8. The summed E-state index contributed by atoms with van der Waals surface area (Å²) in [6.07, 6.45) is 1.13. The smallest absolute Gasteiger partial charge is 0.121 e. The van der Waals surface area contributed by atoms with E-state index in [0.29, 0.717) is 12.0 Å². The van der Waals surface area contributed by atoms with Crippen LogP contribution in [-0.2, 0) is 0 Å². The number of nitrogens with one attached hydrogen (secondary N) is 1. The van der Waals surface area contributed by atoms with Gasteiger partial charge in [-0.15, -0.1) is 0 Å². The summed E-state index contributed by atoms with van der Waals surface area (Å²) in [5, 5.41) is 3.58. The first-order valence-electron chi connectivity index (χ1n) is 7.17. The Hall–Kier alpha value is -1.22. The molecule has 19 heavy (non-hydrogen) atoms. The quantitative estimate of drug-likeness (QED) is 0.778. The molecular weight excluding hydrogens is 236 g/mol. The molecule has 0 fully saturated rings. The molecular formula is C16H28N2O. The molecule has 0 aliphatic carbocycles. The highest BCUT2D eigenvalue weighted by atomic mass is 16.5. The zero-order valence-electron chi connectivity index (χ0n) is 12.9. The van der Waals surface area contributed by atoms with Gasteiger partial charge in [-0.2, -0.15) is 0 Å². The van der Waals surface area contributed by atoms with E-state index in [4.69, 9.17) is 4.74 Å². The Morgan fingerprint density at radius 2 is 2.00 bits per heavy atom. The van der Waals surface area contributed by atoms with Crippen molar-refractivity contribution in [3.8, 4) is 5.75 Å². The van der Waals surface area contributed by atoms with Crippen LogP contribution in [0.25, 0.3) is 0 Å². The van der Waals surface area contributed by atoms with Crippen molar-refractivity contribution in [2.24, 2.45) is 5.92 Å². The fourth-order valence-electron chi connectivity index (χ4n) is 1.98. The second kappa shape index (κ2) is 8.05. The molecule has 1 aromatic rings. The van der Waals surface area contributed by atoms with Crippen LogP contribution in [0.4, 0.5) is 5.69 Å². The van der Waals surface area contributed by atoms with Crippen molar-refractivity contribution in [2.75, 3.05) is 32.6 Å². The fourth-order valence-corrected chi connectivity index (χ4v) is 1.98. The van der Waals surface area contributed by atoms with E-state index in [1.807, 2.05) is 12.1 Å². The van der Waals surface area contributed by atoms with Crippen molar-refractivity contribution in [2.45, 2.75) is 33.2 Å². The number of rotatable bonds is 8. The van der Waals surface area contributed by atoms with E-state index in [-0.39, 0.29) is 0 Å². The summed E-state index contributed by atoms with van der Waals surface area (Å²) >= 11 is 0. The van der Waals surface area contributed by atoms with Crippen molar-refractivity contribution in [1.29, 1.82) is 0 Å². The van der Waals surface area contributed by atoms with Gasteiger partial charge in [-0.05, 0) is 38.6 Å². The van der Waals surface area contributed by atoms with Crippen LogP contribution in [0.15, 0.2) is 24.3 Å². The lowest BCUT2D eigenvalue weighted by atomic mass is 10.0. The van der Waals surface area contributed by atoms with Crippen LogP contribution in [0, 0.1) is 5.92 Å². The van der Waals surface area contributed by atoms with E-state index < -0.39 is 0 Å². The van der Waals surface area contributed by atoms with E-state index in [1.54, 1.807) is 0 Å². The van der Waals surface area contributed by atoms with E-state index in [1.165, 1.54) is 0 Å². The number of anilines is 1. The van der Waals surface area contributed by atoms with Gasteiger partial charge in [0.15, 0.2) is 0 Å². The van der Waals surface area contributed by atoms with Crippen LogP contribution >= 0.6 is 0 Å². The van der Waals surface area contributed by atoms with Crippen LogP contribution in [0.2, 0.25) is 0 Å². The van der Waals surface area contributed by atoms with E-state index >= 15 is 0 Å². The summed E-state index contributed by atoms with van der Waals surface area (Å²) < 4.78 is 5.75. The molecule has 3 heteroatoms. The molecule has 3 nitrogen and oxygen atoms in total. The summed E-state index contributed by atoms with van der Waals surface area (Å²) in [7, 11) is 4.10. The molecule has 0 saturated heterocycles. The number of nitrogens with zero attached hydrogens (tertiary/aromatic N) is 1. The second-order valence-corrected chi connectivity index (χ2v) is 5.58. The van der Waals surface area contributed by atoms with Gasteiger partial charge in [0.25, 0.3) is 0 Å². The molecule has 0 aromatic heterocycles. The van der Waals surface area contributed by atoms with E-state index in [0.717, 1.165) is 31.0 Å². The maximum Gasteiger partial charge on any atom is 0.121 e. The molecule has 0 aliphatic rings. The maximum atomic E-state index is 5.75. The van der Waals surface area contributed by atoms with Crippen LogP contribution in [0.3, 0.4) is 0 Å². The van der Waals surface area contributed by atoms with Gasteiger partial charge in [-0.3, -0.25) is 0 Å². The van der Waals surface area contributed by atoms with Crippen LogP contribution in [0.1, 0.15) is 27.2 Å².